The first-order chi connectivity index (χ1) is 19.5. The van der Waals surface area contributed by atoms with Gasteiger partial charge in [0, 0.05) is 13.0 Å². The second-order valence-corrected chi connectivity index (χ2v) is 10.1. The van der Waals surface area contributed by atoms with E-state index in [0.717, 1.165) is 0 Å². The third-order valence-corrected chi connectivity index (χ3v) is 5.82. The van der Waals surface area contributed by atoms with Crippen LogP contribution in [0.25, 0.3) is 0 Å². The molecule has 0 aliphatic heterocycles. The molecule has 0 heterocycles. The largest absolute Gasteiger partial charge is 0.481 e. The van der Waals surface area contributed by atoms with Crippen LogP contribution in [0.2, 0.25) is 0 Å². The molecule has 0 rings (SSSR count). The molecule has 0 unspecified atom stereocenters. The molecule has 42 heavy (non-hydrogen) atoms. The molecule has 18 nitrogen and oxygen atoms in total. The van der Waals surface area contributed by atoms with Gasteiger partial charge in [-0.1, -0.05) is 13.8 Å². The maximum atomic E-state index is 13.2. The molecule has 240 valence electrons. The Bertz CT molecular complexity index is 962. The van der Waals surface area contributed by atoms with Crippen molar-refractivity contribution in [1.29, 1.82) is 5.41 Å². The number of nitrogens with two attached hydrogens (primary N) is 2. The number of carbonyl (C=O) groups is 6. The van der Waals surface area contributed by atoms with E-state index >= 15 is 0 Å². The van der Waals surface area contributed by atoms with Crippen molar-refractivity contribution in [1.82, 2.24) is 26.6 Å². The number of aliphatic hydroxyl groups is 2. The molecule has 0 radical (unpaired) electrons. The average Bonchev–Trinajstić information content (AvgIpc) is 2.88. The predicted octanol–water partition coefficient (Wildman–Crippen LogP) is -4.12. The number of nitrogens with one attached hydrogen (secondary N) is 6. The monoisotopic (exact) mass is 604 g/mol. The molecule has 0 spiro atoms. The summed E-state index contributed by atoms with van der Waals surface area (Å²) >= 11 is 0. The predicted molar refractivity (Wildman–Crippen MR) is 148 cm³/mol. The highest BCUT2D eigenvalue weighted by Gasteiger charge is 2.34. The zero-order chi connectivity index (χ0) is 32.6. The highest BCUT2D eigenvalue weighted by Crippen LogP contribution is 2.09. The molecular weight excluding hydrogens is 560 g/mol. The fourth-order valence-corrected chi connectivity index (χ4v) is 3.58. The summed E-state index contributed by atoms with van der Waals surface area (Å²) < 4.78 is 0. The maximum absolute atomic E-state index is 13.2. The van der Waals surface area contributed by atoms with Crippen LogP contribution in [0.15, 0.2) is 0 Å². The fraction of sp³-hybridized carbons (Fsp3) is 0.708. The first-order valence-electron chi connectivity index (χ1n) is 13.3. The number of guanidine groups is 1. The summed E-state index contributed by atoms with van der Waals surface area (Å²) in [4.78, 5) is 73.9. The summed E-state index contributed by atoms with van der Waals surface area (Å²) in [6.07, 6.45) is -2.18. The Hall–Kier alpha value is -4.03. The summed E-state index contributed by atoms with van der Waals surface area (Å²) in [7, 11) is 0. The van der Waals surface area contributed by atoms with E-state index in [1.165, 1.54) is 6.92 Å². The average molecular weight is 605 g/mol. The van der Waals surface area contributed by atoms with Crippen LogP contribution in [0.3, 0.4) is 0 Å². The minimum absolute atomic E-state index is 0.0301. The van der Waals surface area contributed by atoms with E-state index in [9.17, 15) is 39.0 Å². The summed E-state index contributed by atoms with van der Waals surface area (Å²) in [5.41, 5.74) is 10.6. The molecule has 0 aliphatic carbocycles. The van der Waals surface area contributed by atoms with Crippen LogP contribution < -0.4 is 38.1 Å². The van der Waals surface area contributed by atoms with Gasteiger partial charge in [-0.25, -0.2) is 4.79 Å². The van der Waals surface area contributed by atoms with E-state index in [1.807, 2.05) is 0 Å². The van der Waals surface area contributed by atoms with Gasteiger partial charge >= 0.3 is 11.9 Å². The summed E-state index contributed by atoms with van der Waals surface area (Å²) in [6, 6.07) is -7.13. The molecule has 0 aromatic heterocycles. The lowest BCUT2D eigenvalue weighted by Gasteiger charge is -2.28. The van der Waals surface area contributed by atoms with E-state index in [2.05, 4.69) is 26.6 Å². The highest BCUT2D eigenvalue weighted by molar-refractivity contribution is 5.95. The lowest BCUT2D eigenvalue weighted by molar-refractivity contribution is -0.143. The van der Waals surface area contributed by atoms with Crippen LogP contribution >= 0.6 is 0 Å². The Kier molecular flexibility index (Phi) is 17.3. The number of carboxylic acid groups (broad SMARTS) is 2. The van der Waals surface area contributed by atoms with Gasteiger partial charge in [-0.15, -0.1) is 0 Å². The Balaban J connectivity index is 5.72. The molecule has 0 aromatic rings. The Labute approximate surface area is 242 Å². The van der Waals surface area contributed by atoms with Gasteiger partial charge in [0.05, 0.1) is 12.7 Å². The molecule has 18 heteroatoms. The molecule has 0 aromatic carbocycles. The molecule has 0 saturated carbocycles. The molecule has 4 amide bonds. The molecule has 0 saturated heterocycles. The number of carbonyl (C=O) groups excluding carboxylic acids is 4. The zero-order valence-electron chi connectivity index (χ0n) is 23.9. The van der Waals surface area contributed by atoms with E-state index in [0.29, 0.717) is 0 Å². The number of carboxylic acids is 2. The number of hydrogen-bond donors (Lipinski definition) is 12. The number of aliphatic hydroxyl groups excluding tert-OH is 2. The molecule has 0 aliphatic rings. The quantitative estimate of drug-likeness (QED) is 0.0357. The number of amides is 4. The zero-order valence-corrected chi connectivity index (χ0v) is 23.9. The number of rotatable bonds is 20. The van der Waals surface area contributed by atoms with Gasteiger partial charge in [-0.05, 0) is 38.5 Å². The fourth-order valence-electron chi connectivity index (χ4n) is 3.58. The third kappa shape index (κ3) is 15.1. The van der Waals surface area contributed by atoms with E-state index in [4.69, 9.17) is 27.1 Å². The minimum Gasteiger partial charge on any atom is -0.481 e. The van der Waals surface area contributed by atoms with Crippen LogP contribution in [0.5, 0.6) is 0 Å². The van der Waals surface area contributed by atoms with Crippen molar-refractivity contribution >= 4 is 41.5 Å². The van der Waals surface area contributed by atoms with E-state index < -0.39 is 84.9 Å². The van der Waals surface area contributed by atoms with Crippen LogP contribution in [0.1, 0.15) is 52.9 Å². The van der Waals surface area contributed by atoms with Crippen molar-refractivity contribution in [2.24, 2.45) is 17.4 Å². The van der Waals surface area contributed by atoms with Crippen LogP contribution in [-0.4, -0.2) is 111 Å². The molecular formula is C24H44N8O10. The molecule has 14 N–H and O–H groups in total. The summed E-state index contributed by atoms with van der Waals surface area (Å²) in [5.74, 6) is -6.91. The van der Waals surface area contributed by atoms with Crippen molar-refractivity contribution in [2.75, 3.05) is 13.2 Å². The van der Waals surface area contributed by atoms with Gasteiger partial charge in [0.1, 0.15) is 30.2 Å². The van der Waals surface area contributed by atoms with E-state index in [1.54, 1.807) is 13.8 Å². The smallest absolute Gasteiger partial charge is 0.326 e. The van der Waals surface area contributed by atoms with E-state index in [-0.39, 0.29) is 44.1 Å². The number of hydrogen-bond acceptors (Lipinski definition) is 10. The van der Waals surface area contributed by atoms with Gasteiger partial charge in [-0.2, -0.15) is 0 Å². The Morgan fingerprint density at radius 2 is 1.36 bits per heavy atom. The molecule has 0 bridgehead atoms. The molecule has 6 atom stereocenters. The summed E-state index contributed by atoms with van der Waals surface area (Å²) in [6.45, 7) is 4.08. The van der Waals surface area contributed by atoms with Crippen molar-refractivity contribution in [2.45, 2.75) is 89.2 Å². The van der Waals surface area contributed by atoms with Crippen molar-refractivity contribution in [3.05, 3.63) is 0 Å². The van der Waals surface area contributed by atoms with Gasteiger partial charge in [0.2, 0.25) is 23.6 Å². The third-order valence-electron chi connectivity index (χ3n) is 5.82. The second-order valence-electron chi connectivity index (χ2n) is 10.1. The van der Waals surface area contributed by atoms with Crippen molar-refractivity contribution in [3.63, 3.8) is 0 Å². The normalized spacial score (nSPS) is 15.2. The molecule has 0 fully saturated rings. The van der Waals surface area contributed by atoms with Gasteiger partial charge in [-0.3, -0.25) is 29.4 Å². The van der Waals surface area contributed by atoms with Crippen LogP contribution in [0, 0.1) is 11.3 Å². The Morgan fingerprint density at radius 1 is 0.810 bits per heavy atom. The first kappa shape index (κ1) is 38.0. The van der Waals surface area contributed by atoms with Crippen LogP contribution in [-0.2, 0) is 28.8 Å². The van der Waals surface area contributed by atoms with Gasteiger partial charge in [0.15, 0.2) is 5.96 Å². The first-order valence-corrected chi connectivity index (χ1v) is 13.3. The van der Waals surface area contributed by atoms with Crippen LogP contribution in [0.4, 0.5) is 0 Å². The van der Waals surface area contributed by atoms with Crippen molar-refractivity contribution < 1.29 is 49.2 Å². The maximum Gasteiger partial charge on any atom is 0.326 e. The minimum atomic E-state index is -1.62. The Morgan fingerprint density at radius 3 is 1.83 bits per heavy atom. The van der Waals surface area contributed by atoms with Gasteiger partial charge < -0.3 is 58.5 Å². The standard InChI is InChI=1S/C24H44N8O10/c1-11(2)9-16(31-20(38)14(6-7-17(35)36)29-19(37)13(25)10-33)21(39)32-18(12(3)34)22(40)30-15(23(41)42)5-4-8-28-24(26)27/h11-16,18,33-34H,4-10,25H2,1-3H3,(H,29,37)(H,30,40)(H,31,38)(H,32,39)(H,35,36)(H,41,42)(H4,26,27,28)/t12-,13+,14+,15+,16+,18+/m1/s1. The lowest BCUT2D eigenvalue weighted by Crippen LogP contribution is -2.60. The lowest BCUT2D eigenvalue weighted by atomic mass is 10.0. The van der Waals surface area contributed by atoms with Crippen molar-refractivity contribution in [3.8, 4) is 0 Å². The number of aliphatic carboxylic acids is 2. The highest BCUT2D eigenvalue weighted by atomic mass is 16.4. The topological polar surface area (TPSA) is 319 Å². The second kappa shape index (κ2) is 19.2. The SMILES string of the molecule is CC(C)C[C@H](NC(=O)[C@H](CCC(=O)O)NC(=O)[C@@H](N)CO)C(=O)N[C@H](C(=O)N[C@@H](CCCNC(=N)N)C(=O)O)[C@@H](C)O. The van der Waals surface area contributed by atoms with Gasteiger partial charge in [0.25, 0.3) is 0 Å². The summed E-state index contributed by atoms with van der Waals surface area (Å²) in [5, 5.41) is 56.6.